The van der Waals surface area contributed by atoms with Crippen LogP contribution in [0.2, 0.25) is 0 Å². The van der Waals surface area contributed by atoms with Crippen LogP contribution >= 0.6 is 0 Å². The Bertz CT molecular complexity index is 922. The lowest BCUT2D eigenvalue weighted by Crippen LogP contribution is -2.35. The molecule has 2 heterocycles. The van der Waals surface area contributed by atoms with Gasteiger partial charge in [-0.05, 0) is 25.3 Å². The maximum atomic E-state index is 13.2. The third-order valence-corrected chi connectivity index (χ3v) is 6.19. The summed E-state index contributed by atoms with van der Waals surface area (Å²) in [6, 6.07) is 7.07. The second-order valence-electron chi connectivity index (χ2n) is 6.08. The standard InChI is InChI=1S/C17H22N4O4S/c1-12-13-5-2-3-6-14(13)17(20-16(12)25-15(22)11-18)26(23,24)21-9-4-7-19-8-10-21/h2-3,5-6,19H,4,7-11,18H2,1H3. The molecule has 140 valence electrons. The summed E-state index contributed by atoms with van der Waals surface area (Å²) in [5.74, 6) is -0.691. The molecule has 9 heteroatoms. The van der Waals surface area contributed by atoms with E-state index >= 15 is 0 Å². The highest BCUT2D eigenvalue weighted by Gasteiger charge is 2.30. The van der Waals surface area contributed by atoms with Crippen LogP contribution in [0.3, 0.4) is 0 Å². The van der Waals surface area contributed by atoms with Crippen molar-refractivity contribution in [1.29, 1.82) is 0 Å². The Kier molecular flexibility index (Phi) is 5.52. The van der Waals surface area contributed by atoms with E-state index in [9.17, 15) is 13.2 Å². The van der Waals surface area contributed by atoms with Crippen molar-refractivity contribution in [3.63, 3.8) is 0 Å². The second-order valence-corrected chi connectivity index (χ2v) is 7.93. The summed E-state index contributed by atoms with van der Waals surface area (Å²) in [6.07, 6.45) is 0.720. The summed E-state index contributed by atoms with van der Waals surface area (Å²) in [4.78, 5) is 15.8. The van der Waals surface area contributed by atoms with Crippen LogP contribution in [0.15, 0.2) is 29.3 Å². The number of carbonyl (C=O) groups is 1. The molecule has 2 aromatic rings. The minimum absolute atomic E-state index is 0.0225. The fourth-order valence-corrected chi connectivity index (χ4v) is 4.58. The number of hydrogen-bond acceptors (Lipinski definition) is 7. The average molecular weight is 378 g/mol. The van der Waals surface area contributed by atoms with E-state index in [4.69, 9.17) is 10.5 Å². The van der Waals surface area contributed by atoms with E-state index in [0.717, 1.165) is 13.0 Å². The molecule has 0 saturated carbocycles. The Morgan fingerprint density at radius 1 is 1.27 bits per heavy atom. The molecule has 1 fully saturated rings. The Morgan fingerprint density at radius 2 is 2.00 bits per heavy atom. The largest absolute Gasteiger partial charge is 0.406 e. The third-order valence-electron chi connectivity index (χ3n) is 4.35. The first-order valence-corrected chi connectivity index (χ1v) is 9.90. The van der Waals surface area contributed by atoms with Gasteiger partial charge < -0.3 is 15.8 Å². The van der Waals surface area contributed by atoms with Crippen molar-refractivity contribution < 1.29 is 17.9 Å². The molecule has 1 saturated heterocycles. The fourth-order valence-electron chi connectivity index (χ4n) is 2.98. The summed E-state index contributed by atoms with van der Waals surface area (Å²) < 4.78 is 33.1. The van der Waals surface area contributed by atoms with E-state index in [2.05, 4.69) is 10.3 Å². The molecule has 1 aromatic heterocycles. The van der Waals surface area contributed by atoms with Gasteiger partial charge in [0.2, 0.25) is 5.88 Å². The van der Waals surface area contributed by atoms with Crippen molar-refractivity contribution in [1.82, 2.24) is 14.6 Å². The van der Waals surface area contributed by atoms with Crippen LogP contribution in [0.25, 0.3) is 10.8 Å². The topological polar surface area (TPSA) is 115 Å². The van der Waals surface area contributed by atoms with E-state index in [-0.39, 0.29) is 17.5 Å². The van der Waals surface area contributed by atoms with Gasteiger partial charge in [-0.1, -0.05) is 24.3 Å². The van der Waals surface area contributed by atoms with Gasteiger partial charge in [-0.2, -0.15) is 9.29 Å². The molecule has 1 aromatic carbocycles. The maximum Gasteiger partial charge on any atom is 0.326 e. The monoisotopic (exact) mass is 378 g/mol. The molecule has 1 aliphatic rings. The van der Waals surface area contributed by atoms with Crippen molar-refractivity contribution in [2.45, 2.75) is 18.4 Å². The van der Waals surface area contributed by atoms with Crippen LogP contribution in [0.5, 0.6) is 5.88 Å². The normalized spacial score (nSPS) is 16.4. The van der Waals surface area contributed by atoms with Crippen LogP contribution in [-0.2, 0) is 14.8 Å². The lowest BCUT2D eigenvalue weighted by atomic mass is 10.1. The van der Waals surface area contributed by atoms with Crippen molar-refractivity contribution in [3.05, 3.63) is 29.8 Å². The Balaban J connectivity index is 2.17. The molecule has 3 rings (SSSR count). The van der Waals surface area contributed by atoms with E-state index in [1.807, 2.05) is 0 Å². The number of rotatable bonds is 4. The summed E-state index contributed by atoms with van der Waals surface area (Å²) in [6.45, 7) is 3.56. The van der Waals surface area contributed by atoms with Gasteiger partial charge in [0.25, 0.3) is 10.0 Å². The number of fused-ring (bicyclic) bond motifs is 1. The van der Waals surface area contributed by atoms with Gasteiger partial charge in [0.1, 0.15) is 0 Å². The number of carbonyl (C=O) groups excluding carboxylic acids is 1. The van der Waals surface area contributed by atoms with Crippen molar-refractivity contribution in [2.24, 2.45) is 5.73 Å². The quantitative estimate of drug-likeness (QED) is 0.740. The molecular weight excluding hydrogens is 356 g/mol. The summed E-state index contributed by atoms with van der Waals surface area (Å²) in [7, 11) is -3.83. The molecule has 1 aliphatic heterocycles. The number of esters is 1. The number of benzene rings is 1. The van der Waals surface area contributed by atoms with E-state index in [1.54, 1.807) is 31.2 Å². The minimum Gasteiger partial charge on any atom is -0.406 e. The van der Waals surface area contributed by atoms with Crippen LogP contribution in [-0.4, -0.2) is 56.4 Å². The molecule has 8 nitrogen and oxygen atoms in total. The van der Waals surface area contributed by atoms with Crippen molar-refractivity contribution in [3.8, 4) is 5.88 Å². The molecular formula is C17H22N4O4S. The average Bonchev–Trinajstić information content (AvgIpc) is 2.94. The molecule has 26 heavy (non-hydrogen) atoms. The minimum atomic E-state index is -3.83. The Labute approximate surface area is 152 Å². The first kappa shape index (κ1) is 18.7. The highest BCUT2D eigenvalue weighted by atomic mass is 32.2. The lowest BCUT2D eigenvalue weighted by molar-refractivity contribution is -0.133. The van der Waals surface area contributed by atoms with Crippen LogP contribution in [0.4, 0.5) is 0 Å². The van der Waals surface area contributed by atoms with Crippen molar-refractivity contribution in [2.75, 3.05) is 32.7 Å². The van der Waals surface area contributed by atoms with Gasteiger partial charge in [0.15, 0.2) is 5.03 Å². The lowest BCUT2D eigenvalue weighted by Gasteiger charge is -2.21. The second kappa shape index (κ2) is 7.67. The molecule has 0 bridgehead atoms. The summed E-state index contributed by atoms with van der Waals surface area (Å²) >= 11 is 0. The SMILES string of the molecule is Cc1c(OC(=O)CN)nc(S(=O)(=O)N2CCCNCC2)c2ccccc12. The Morgan fingerprint density at radius 3 is 2.73 bits per heavy atom. The molecule has 0 atom stereocenters. The number of ether oxygens (including phenoxy) is 1. The first-order chi connectivity index (χ1) is 12.4. The number of aryl methyl sites for hydroxylation is 1. The van der Waals surface area contributed by atoms with E-state index in [0.29, 0.717) is 36.0 Å². The van der Waals surface area contributed by atoms with Crippen LogP contribution in [0, 0.1) is 6.92 Å². The fraction of sp³-hybridized carbons (Fsp3) is 0.412. The van der Waals surface area contributed by atoms with Crippen LogP contribution in [0.1, 0.15) is 12.0 Å². The number of nitrogens with zero attached hydrogens (tertiary/aromatic N) is 2. The number of aromatic nitrogens is 1. The smallest absolute Gasteiger partial charge is 0.326 e. The van der Waals surface area contributed by atoms with Gasteiger partial charge in [0, 0.05) is 30.6 Å². The zero-order valence-electron chi connectivity index (χ0n) is 14.6. The predicted octanol–water partition coefficient (Wildman–Crippen LogP) is 0.391. The zero-order valence-corrected chi connectivity index (χ0v) is 15.4. The predicted molar refractivity (Wildman–Crippen MR) is 97.4 cm³/mol. The molecule has 0 unspecified atom stereocenters. The molecule has 0 radical (unpaired) electrons. The number of hydrogen-bond donors (Lipinski definition) is 2. The Hall–Kier alpha value is -2.07. The van der Waals surface area contributed by atoms with E-state index in [1.165, 1.54) is 4.31 Å². The van der Waals surface area contributed by atoms with Gasteiger partial charge in [-0.3, -0.25) is 4.79 Å². The molecule has 0 amide bonds. The van der Waals surface area contributed by atoms with Gasteiger partial charge >= 0.3 is 5.97 Å². The highest BCUT2D eigenvalue weighted by molar-refractivity contribution is 7.89. The summed E-state index contributed by atoms with van der Waals surface area (Å²) in [5, 5.41) is 4.27. The van der Waals surface area contributed by atoms with Crippen molar-refractivity contribution >= 4 is 26.8 Å². The van der Waals surface area contributed by atoms with Gasteiger partial charge in [-0.25, -0.2) is 8.42 Å². The molecule has 3 N–H and O–H groups in total. The number of nitrogens with two attached hydrogens (primary N) is 1. The summed E-state index contributed by atoms with van der Waals surface area (Å²) in [5.41, 5.74) is 5.90. The van der Waals surface area contributed by atoms with Gasteiger partial charge in [-0.15, -0.1) is 0 Å². The van der Waals surface area contributed by atoms with Gasteiger partial charge in [0.05, 0.1) is 6.54 Å². The maximum absolute atomic E-state index is 13.2. The third kappa shape index (κ3) is 3.56. The van der Waals surface area contributed by atoms with E-state index < -0.39 is 16.0 Å². The molecule has 0 aliphatic carbocycles. The number of sulfonamides is 1. The zero-order chi connectivity index (χ0) is 18.7. The van der Waals surface area contributed by atoms with Crippen LogP contribution < -0.4 is 15.8 Å². The first-order valence-electron chi connectivity index (χ1n) is 8.46. The number of nitrogens with one attached hydrogen (secondary N) is 1. The highest BCUT2D eigenvalue weighted by Crippen LogP contribution is 2.31. The number of pyridine rings is 1. The molecule has 0 spiro atoms.